The number of hydrogen-bond acceptors (Lipinski definition) is 3. The van der Waals surface area contributed by atoms with E-state index in [0.717, 1.165) is 0 Å². The molecule has 0 radical (unpaired) electrons. The standard InChI is InChI=1S/C13H15FN2O/c1-10-9-16(6-7-17-10)13(8-15)11-4-2-3-5-12(11)14/h2-5,10,13H,6-7,9H2,1H3/t10-,13-/m1/s1. The lowest BCUT2D eigenvalue weighted by Crippen LogP contribution is -2.42. The zero-order valence-corrected chi connectivity index (χ0v) is 9.77. The topological polar surface area (TPSA) is 36.3 Å². The van der Waals surface area contributed by atoms with Gasteiger partial charge in [0.25, 0.3) is 0 Å². The van der Waals surface area contributed by atoms with E-state index >= 15 is 0 Å². The van der Waals surface area contributed by atoms with Gasteiger partial charge in [-0.1, -0.05) is 18.2 Å². The lowest BCUT2D eigenvalue weighted by atomic mass is 10.0. The zero-order chi connectivity index (χ0) is 12.3. The smallest absolute Gasteiger partial charge is 0.129 e. The van der Waals surface area contributed by atoms with Crippen molar-refractivity contribution in [1.82, 2.24) is 4.90 Å². The van der Waals surface area contributed by atoms with Crippen molar-refractivity contribution in [3.63, 3.8) is 0 Å². The van der Waals surface area contributed by atoms with Crippen LogP contribution in [0, 0.1) is 17.1 Å². The first-order chi connectivity index (χ1) is 8.22. The molecule has 17 heavy (non-hydrogen) atoms. The van der Waals surface area contributed by atoms with Gasteiger partial charge in [-0.15, -0.1) is 0 Å². The number of benzene rings is 1. The van der Waals surface area contributed by atoms with Crippen LogP contribution >= 0.6 is 0 Å². The Morgan fingerprint density at radius 2 is 2.29 bits per heavy atom. The van der Waals surface area contributed by atoms with E-state index in [1.165, 1.54) is 6.07 Å². The minimum atomic E-state index is -0.525. The van der Waals surface area contributed by atoms with Gasteiger partial charge >= 0.3 is 0 Å². The van der Waals surface area contributed by atoms with Gasteiger partial charge in [0, 0.05) is 18.7 Å². The second-order valence-electron chi connectivity index (χ2n) is 4.23. The van der Waals surface area contributed by atoms with Gasteiger partial charge < -0.3 is 4.74 Å². The Bertz CT molecular complexity index is 430. The Labute approximate surface area is 100 Å². The third-order valence-electron chi connectivity index (χ3n) is 2.96. The van der Waals surface area contributed by atoms with Crippen LogP contribution in [-0.4, -0.2) is 30.7 Å². The van der Waals surface area contributed by atoms with Crippen molar-refractivity contribution in [2.75, 3.05) is 19.7 Å². The highest BCUT2D eigenvalue weighted by Gasteiger charge is 2.26. The molecular weight excluding hydrogens is 219 g/mol. The van der Waals surface area contributed by atoms with Crippen molar-refractivity contribution in [1.29, 1.82) is 5.26 Å². The minimum Gasteiger partial charge on any atom is -0.376 e. The molecule has 0 N–H and O–H groups in total. The average molecular weight is 234 g/mol. The SMILES string of the molecule is C[C@@H]1CN([C@H](C#N)c2ccccc2F)CCO1. The van der Waals surface area contributed by atoms with E-state index in [1.54, 1.807) is 18.2 Å². The molecule has 0 aromatic heterocycles. The van der Waals surface area contributed by atoms with Crippen molar-refractivity contribution in [2.24, 2.45) is 0 Å². The zero-order valence-electron chi connectivity index (χ0n) is 9.77. The monoisotopic (exact) mass is 234 g/mol. The van der Waals surface area contributed by atoms with Crippen LogP contribution in [0.5, 0.6) is 0 Å². The molecule has 3 nitrogen and oxygen atoms in total. The predicted octanol–water partition coefficient (Wildman–Crippen LogP) is 2.11. The van der Waals surface area contributed by atoms with Crippen molar-refractivity contribution in [3.05, 3.63) is 35.6 Å². The Balaban J connectivity index is 2.22. The van der Waals surface area contributed by atoms with Crippen LogP contribution in [0.15, 0.2) is 24.3 Å². The molecule has 0 bridgehead atoms. The summed E-state index contributed by atoms with van der Waals surface area (Å²) in [7, 11) is 0. The van der Waals surface area contributed by atoms with Gasteiger partial charge in [-0.25, -0.2) is 4.39 Å². The van der Waals surface area contributed by atoms with Gasteiger partial charge in [-0.2, -0.15) is 5.26 Å². The maximum Gasteiger partial charge on any atom is 0.129 e. The normalized spacial score (nSPS) is 23.0. The summed E-state index contributed by atoms with van der Waals surface area (Å²) in [5.41, 5.74) is 0.448. The minimum absolute atomic E-state index is 0.0892. The molecule has 1 fully saturated rings. The van der Waals surface area contributed by atoms with E-state index in [9.17, 15) is 9.65 Å². The number of nitrogens with zero attached hydrogens (tertiary/aromatic N) is 2. The Morgan fingerprint density at radius 1 is 1.53 bits per heavy atom. The molecule has 0 unspecified atom stereocenters. The van der Waals surface area contributed by atoms with Gasteiger partial charge in [-0.3, -0.25) is 4.90 Å². The Kier molecular flexibility index (Phi) is 3.72. The number of morpholine rings is 1. The second-order valence-corrected chi connectivity index (χ2v) is 4.23. The first-order valence-corrected chi connectivity index (χ1v) is 5.72. The molecule has 4 heteroatoms. The fourth-order valence-electron chi connectivity index (χ4n) is 2.12. The summed E-state index contributed by atoms with van der Waals surface area (Å²) in [5.74, 6) is -0.321. The van der Waals surface area contributed by atoms with Crippen molar-refractivity contribution in [3.8, 4) is 6.07 Å². The van der Waals surface area contributed by atoms with Crippen LogP contribution < -0.4 is 0 Å². The highest BCUT2D eigenvalue weighted by Crippen LogP contribution is 2.24. The van der Waals surface area contributed by atoms with Crippen LogP contribution in [0.2, 0.25) is 0 Å². The molecule has 0 spiro atoms. The number of hydrogen-bond donors (Lipinski definition) is 0. The van der Waals surface area contributed by atoms with E-state index in [0.29, 0.717) is 25.3 Å². The van der Waals surface area contributed by atoms with Crippen LogP contribution in [0.4, 0.5) is 4.39 Å². The quantitative estimate of drug-likeness (QED) is 0.786. The van der Waals surface area contributed by atoms with Crippen LogP contribution in [0.3, 0.4) is 0 Å². The van der Waals surface area contributed by atoms with Crippen molar-refractivity contribution in [2.45, 2.75) is 19.1 Å². The molecule has 2 atom stereocenters. The lowest BCUT2D eigenvalue weighted by molar-refractivity contribution is -0.0272. The molecule has 0 saturated carbocycles. The molecular formula is C13H15FN2O. The largest absolute Gasteiger partial charge is 0.376 e. The number of nitriles is 1. The molecule has 1 aromatic rings. The molecule has 1 aliphatic rings. The summed E-state index contributed by atoms with van der Waals surface area (Å²) >= 11 is 0. The Morgan fingerprint density at radius 3 is 2.94 bits per heavy atom. The van der Waals surface area contributed by atoms with Gasteiger partial charge in [0.05, 0.1) is 18.8 Å². The van der Waals surface area contributed by atoms with E-state index in [1.807, 2.05) is 11.8 Å². The third kappa shape index (κ3) is 2.63. The average Bonchev–Trinajstić information content (AvgIpc) is 2.33. The maximum absolute atomic E-state index is 13.7. The number of rotatable bonds is 2. The molecule has 1 heterocycles. The van der Waals surface area contributed by atoms with Crippen LogP contribution in [0.25, 0.3) is 0 Å². The highest BCUT2D eigenvalue weighted by molar-refractivity contribution is 5.26. The summed E-state index contributed by atoms with van der Waals surface area (Å²) in [6.07, 6.45) is 0.0892. The van der Waals surface area contributed by atoms with Crippen LogP contribution in [-0.2, 0) is 4.74 Å². The van der Waals surface area contributed by atoms with Gasteiger partial charge in [0.15, 0.2) is 0 Å². The lowest BCUT2D eigenvalue weighted by Gasteiger charge is -2.34. The molecule has 90 valence electrons. The summed E-state index contributed by atoms with van der Waals surface area (Å²) in [5, 5.41) is 9.24. The van der Waals surface area contributed by atoms with Gasteiger partial charge in [0.1, 0.15) is 11.9 Å². The third-order valence-corrected chi connectivity index (χ3v) is 2.96. The van der Waals surface area contributed by atoms with E-state index < -0.39 is 6.04 Å². The second kappa shape index (κ2) is 5.26. The summed E-state index contributed by atoms with van der Waals surface area (Å²) in [6.45, 7) is 3.87. The molecule has 0 aliphatic carbocycles. The van der Waals surface area contributed by atoms with Gasteiger partial charge in [0.2, 0.25) is 0 Å². The first kappa shape index (κ1) is 12.0. The number of halogens is 1. The van der Waals surface area contributed by atoms with Crippen molar-refractivity contribution >= 4 is 0 Å². The van der Waals surface area contributed by atoms with Crippen LogP contribution in [0.1, 0.15) is 18.5 Å². The molecule has 1 aromatic carbocycles. The fourth-order valence-corrected chi connectivity index (χ4v) is 2.12. The molecule has 2 rings (SSSR count). The highest BCUT2D eigenvalue weighted by atomic mass is 19.1. The molecule has 1 saturated heterocycles. The summed E-state index contributed by atoms with van der Waals surface area (Å²) in [6, 6.07) is 8.11. The molecule has 1 aliphatic heterocycles. The maximum atomic E-state index is 13.7. The molecule has 0 amide bonds. The van der Waals surface area contributed by atoms with E-state index in [-0.39, 0.29) is 11.9 Å². The summed E-state index contributed by atoms with van der Waals surface area (Å²) < 4.78 is 19.1. The summed E-state index contributed by atoms with van der Waals surface area (Å²) in [4.78, 5) is 1.96. The van der Waals surface area contributed by atoms with Gasteiger partial charge in [-0.05, 0) is 13.0 Å². The van der Waals surface area contributed by atoms with E-state index in [2.05, 4.69) is 6.07 Å². The predicted molar refractivity (Wildman–Crippen MR) is 61.7 cm³/mol. The fraction of sp³-hybridized carbons (Fsp3) is 0.462. The number of ether oxygens (including phenoxy) is 1. The first-order valence-electron chi connectivity index (χ1n) is 5.72. The van der Waals surface area contributed by atoms with Crippen molar-refractivity contribution < 1.29 is 9.13 Å². The Hall–Kier alpha value is -1.44. The van der Waals surface area contributed by atoms with E-state index in [4.69, 9.17) is 4.74 Å².